The third-order valence-corrected chi connectivity index (χ3v) is 9.98. The van der Waals surface area contributed by atoms with Crippen molar-refractivity contribution >= 4 is 54.9 Å². The lowest BCUT2D eigenvalue weighted by Gasteiger charge is -2.26. The maximum Gasteiger partial charge on any atom is 0.337 e. The van der Waals surface area contributed by atoms with Gasteiger partial charge in [0, 0.05) is 31.9 Å². The standard InChI is InChI=1S/C26H28BrN3O6S2/c1-17-22(25(31)28-15-18-3-5-19(6-4-18)16-30-11-13-36-14-12-30)37-24(27)23(17)38(33,34)29-21-9-7-20(8-10-21)26(32)35-2/h3-10,29H,11-16H2,1-2H3,(H,28,31). The Morgan fingerprint density at radius 2 is 1.68 bits per heavy atom. The molecule has 2 heterocycles. The molecule has 0 unspecified atom stereocenters. The summed E-state index contributed by atoms with van der Waals surface area (Å²) < 4.78 is 39.2. The lowest BCUT2D eigenvalue weighted by atomic mass is 10.1. The number of benzene rings is 2. The van der Waals surface area contributed by atoms with E-state index in [1.807, 2.05) is 12.1 Å². The Bertz CT molecular complexity index is 1400. The van der Waals surface area contributed by atoms with Crippen LogP contribution in [-0.2, 0) is 32.6 Å². The first-order valence-electron chi connectivity index (χ1n) is 11.8. The van der Waals surface area contributed by atoms with E-state index in [0.717, 1.165) is 49.7 Å². The second-order valence-electron chi connectivity index (χ2n) is 8.72. The summed E-state index contributed by atoms with van der Waals surface area (Å²) in [5.74, 6) is -0.870. The first kappa shape index (κ1) is 28.2. The molecule has 1 aromatic heterocycles. The number of rotatable bonds is 9. The van der Waals surface area contributed by atoms with Gasteiger partial charge in [0.15, 0.2) is 0 Å². The highest BCUT2D eigenvalue weighted by molar-refractivity contribution is 9.11. The molecule has 1 saturated heterocycles. The van der Waals surface area contributed by atoms with Crippen LogP contribution in [0, 0.1) is 6.92 Å². The SMILES string of the molecule is COC(=O)c1ccc(NS(=O)(=O)c2c(Br)sc(C(=O)NCc3ccc(CN4CCOCC4)cc3)c2C)cc1. The largest absolute Gasteiger partial charge is 0.465 e. The number of sulfonamides is 1. The molecule has 0 spiro atoms. The van der Waals surface area contributed by atoms with Crippen molar-refractivity contribution in [3.63, 3.8) is 0 Å². The van der Waals surface area contributed by atoms with E-state index in [4.69, 9.17) is 4.74 Å². The van der Waals surface area contributed by atoms with Crippen molar-refractivity contribution in [2.45, 2.75) is 24.9 Å². The van der Waals surface area contributed by atoms with Gasteiger partial charge >= 0.3 is 5.97 Å². The zero-order chi connectivity index (χ0) is 27.3. The Hall–Kier alpha value is -2.77. The van der Waals surface area contributed by atoms with Crippen LogP contribution in [0.3, 0.4) is 0 Å². The fourth-order valence-electron chi connectivity index (χ4n) is 4.03. The number of esters is 1. The number of carbonyl (C=O) groups is 2. The van der Waals surface area contributed by atoms with Gasteiger partial charge in [-0.3, -0.25) is 14.4 Å². The molecule has 0 radical (unpaired) electrons. The van der Waals surface area contributed by atoms with E-state index in [-0.39, 0.29) is 16.5 Å². The number of nitrogens with one attached hydrogen (secondary N) is 2. The average molecular weight is 623 g/mol. The van der Waals surface area contributed by atoms with E-state index in [9.17, 15) is 18.0 Å². The molecule has 202 valence electrons. The Morgan fingerprint density at radius 3 is 2.32 bits per heavy atom. The van der Waals surface area contributed by atoms with Crippen LogP contribution < -0.4 is 10.0 Å². The third kappa shape index (κ3) is 6.80. The number of nitrogens with zero attached hydrogens (tertiary/aromatic N) is 1. The van der Waals surface area contributed by atoms with Crippen LogP contribution in [0.4, 0.5) is 5.69 Å². The zero-order valence-corrected chi connectivity index (χ0v) is 24.2. The molecule has 1 fully saturated rings. The summed E-state index contributed by atoms with van der Waals surface area (Å²) in [6.07, 6.45) is 0. The summed E-state index contributed by atoms with van der Waals surface area (Å²) in [6.45, 7) is 6.13. The van der Waals surface area contributed by atoms with E-state index in [1.165, 1.54) is 36.9 Å². The minimum atomic E-state index is -4.00. The Labute approximate surface area is 234 Å². The van der Waals surface area contributed by atoms with Crippen molar-refractivity contribution in [3.05, 3.63) is 79.4 Å². The van der Waals surface area contributed by atoms with Crippen LogP contribution in [0.2, 0.25) is 0 Å². The molecule has 0 aliphatic carbocycles. The lowest BCUT2D eigenvalue weighted by molar-refractivity contribution is 0.0342. The minimum absolute atomic E-state index is 0.00263. The molecular formula is C26H28BrN3O6S2. The summed E-state index contributed by atoms with van der Waals surface area (Å²) in [5.41, 5.74) is 3.07. The number of hydrogen-bond donors (Lipinski definition) is 2. The summed E-state index contributed by atoms with van der Waals surface area (Å²) in [7, 11) is -2.73. The van der Waals surface area contributed by atoms with Gasteiger partial charge in [0.25, 0.3) is 15.9 Å². The van der Waals surface area contributed by atoms with Crippen LogP contribution in [0.25, 0.3) is 0 Å². The van der Waals surface area contributed by atoms with Gasteiger partial charge < -0.3 is 14.8 Å². The van der Waals surface area contributed by atoms with Crippen LogP contribution >= 0.6 is 27.3 Å². The number of anilines is 1. The number of hydrogen-bond acceptors (Lipinski definition) is 8. The lowest BCUT2D eigenvalue weighted by Crippen LogP contribution is -2.35. The maximum atomic E-state index is 13.1. The number of amides is 1. The molecular weight excluding hydrogens is 594 g/mol. The summed E-state index contributed by atoms with van der Waals surface area (Å²) in [6, 6.07) is 14.0. The Morgan fingerprint density at radius 1 is 1.05 bits per heavy atom. The number of ether oxygens (including phenoxy) is 2. The predicted molar refractivity (Wildman–Crippen MR) is 149 cm³/mol. The van der Waals surface area contributed by atoms with Crippen LogP contribution in [-0.4, -0.2) is 58.6 Å². The molecule has 0 bridgehead atoms. The summed E-state index contributed by atoms with van der Waals surface area (Å²) >= 11 is 4.38. The van der Waals surface area contributed by atoms with Crippen LogP contribution in [0.15, 0.2) is 57.2 Å². The number of carbonyl (C=O) groups excluding carboxylic acids is 2. The van der Waals surface area contributed by atoms with Crippen molar-refractivity contribution in [1.29, 1.82) is 0 Å². The molecule has 1 amide bonds. The first-order valence-corrected chi connectivity index (χ1v) is 14.9. The molecule has 0 saturated carbocycles. The molecule has 9 nitrogen and oxygen atoms in total. The van der Waals surface area contributed by atoms with Crippen molar-refractivity contribution in [2.24, 2.45) is 0 Å². The van der Waals surface area contributed by atoms with E-state index >= 15 is 0 Å². The zero-order valence-electron chi connectivity index (χ0n) is 21.0. The monoisotopic (exact) mass is 621 g/mol. The van der Waals surface area contributed by atoms with Gasteiger partial charge in [0.1, 0.15) is 4.90 Å². The number of morpholine rings is 1. The Kier molecular flexibility index (Phi) is 9.21. The second-order valence-corrected chi connectivity index (χ2v) is 12.7. The van der Waals surface area contributed by atoms with Gasteiger partial charge in [-0.05, 0) is 63.8 Å². The average Bonchev–Trinajstić information content (AvgIpc) is 3.23. The van der Waals surface area contributed by atoms with Crippen molar-refractivity contribution < 1.29 is 27.5 Å². The number of methoxy groups -OCH3 is 1. The van der Waals surface area contributed by atoms with Gasteiger partial charge in [-0.1, -0.05) is 24.3 Å². The Balaban J connectivity index is 1.40. The summed E-state index contributed by atoms with van der Waals surface area (Å²) in [5, 5.41) is 2.89. The molecule has 3 aromatic rings. The molecule has 38 heavy (non-hydrogen) atoms. The smallest absolute Gasteiger partial charge is 0.337 e. The molecule has 2 N–H and O–H groups in total. The van der Waals surface area contributed by atoms with E-state index in [0.29, 0.717) is 26.3 Å². The number of thiophene rings is 1. The molecule has 4 rings (SSSR count). The van der Waals surface area contributed by atoms with Crippen LogP contribution in [0.5, 0.6) is 0 Å². The van der Waals surface area contributed by atoms with Crippen molar-refractivity contribution in [2.75, 3.05) is 38.1 Å². The molecule has 1 aliphatic heterocycles. The predicted octanol–water partition coefficient (Wildman–Crippen LogP) is 4.17. The third-order valence-electron chi connectivity index (χ3n) is 6.07. The van der Waals surface area contributed by atoms with Crippen LogP contribution in [0.1, 0.15) is 36.7 Å². The normalized spacial score (nSPS) is 14.2. The van der Waals surface area contributed by atoms with Gasteiger partial charge in [0.2, 0.25) is 0 Å². The second kappa shape index (κ2) is 12.4. The highest BCUT2D eigenvalue weighted by Crippen LogP contribution is 2.37. The number of halogens is 1. The minimum Gasteiger partial charge on any atom is -0.465 e. The summed E-state index contributed by atoms with van der Waals surface area (Å²) in [4.78, 5) is 27.2. The molecule has 2 aromatic carbocycles. The first-order chi connectivity index (χ1) is 18.2. The van der Waals surface area contributed by atoms with E-state index in [1.54, 1.807) is 6.92 Å². The van der Waals surface area contributed by atoms with Crippen molar-refractivity contribution in [1.82, 2.24) is 10.2 Å². The van der Waals surface area contributed by atoms with Gasteiger partial charge in [0.05, 0.1) is 34.6 Å². The van der Waals surface area contributed by atoms with Gasteiger partial charge in [-0.25, -0.2) is 13.2 Å². The topological polar surface area (TPSA) is 114 Å². The van der Waals surface area contributed by atoms with Gasteiger partial charge in [-0.2, -0.15) is 0 Å². The van der Waals surface area contributed by atoms with Gasteiger partial charge in [-0.15, -0.1) is 11.3 Å². The quantitative estimate of drug-likeness (QED) is 0.345. The molecule has 12 heteroatoms. The van der Waals surface area contributed by atoms with E-state index in [2.05, 4.69) is 47.7 Å². The molecule has 0 atom stereocenters. The molecule has 1 aliphatic rings. The maximum absolute atomic E-state index is 13.1. The fourth-order valence-corrected chi connectivity index (χ4v) is 8.08. The highest BCUT2D eigenvalue weighted by Gasteiger charge is 2.28. The van der Waals surface area contributed by atoms with E-state index < -0.39 is 16.0 Å². The fraction of sp³-hybridized carbons (Fsp3) is 0.308. The van der Waals surface area contributed by atoms with Crippen molar-refractivity contribution in [3.8, 4) is 0 Å². The highest BCUT2D eigenvalue weighted by atomic mass is 79.9.